The molecule has 0 aromatic carbocycles. The Bertz CT molecular complexity index is 894. The number of rotatable bonds is 6. The van der Waals surface area contributed by atoms with Crippen molar-refractivity contribution in [1.82, 2.24) is 9.97 Å². The topological polar surface area (TPSA) is 121 Å². The van der Waals surface area contributed by atoms with Crippen molar-refractivity contribution in [2.45, 2.75) is 51.7 Å². The lowest BCUT2D eigenvalue weighted by atomic mass is 9.73. The van der Waals surface area contributed by atoms with Crippen LogP contribution in [0.15, 0.2) is 24.7 Å². The molecule has 29 heavy (non-hydrogen) atoms. The highest BCUT2D eigenvalue weighted by molar-refractivity contribution is 6.30. The molecule has 2 heterocycles. The molecule has 1 aliphatic rings. The number of nitrogens with one attached hydrogen (secondary N) is 2. The summed E-state index contributed by atoms with van der Waals surface area (Å²) in [4.78, 5) is 8.65. The van der Waals surface area contributed by atoms with Crippen LogP contribution in [0.2, 0.25) is 5.02 Å². The Balaban J connectivity index is 1.65. The second kappa shape index (κ2) is 8.80. The normalized spacial score (nSPS) is 20.7. The molecular weight excluding hydrogens is 392 g/mol. The highest BCUT2D eigenvalue weighted by Crippen LogP contribution is 2.36. The van der Waals surface area contributed by atoms with Gasteiger partial charge in [-0.2, -0.15) is 15.0 Å². The minimum absolute atomic E-state index is 0.127. The average Bonchev–Trinajstić information content (AvgIpc) is 2.64. The smallest absolute Gasteiger partial charge is 0.224 e. The highest BCUT2D eigenvalue weighted by atomic mass is 35.5. The van der Waals surface area contributed by atoms with Crippen molar-refractivity contribution in [3.8, 4) is 6.07 Å². The summed E-state index contributed by atoms with van der Waals surface area (Å²) in [6.45, 7) is 4.60. The van der Waals surface area contributed by atoms with Crippen molar-refractivity contribution >= 4 is 23.4 Å². The Morgan fingerprint density at radius 1 is 1.41 bits per heavy atom. The lowest BCUT2D eigenvalue weighted by molar-refractivity contribution is -0.605. The second-order valence-electron chi connectivity index (χ2n) is 8.09. The van der Waals surface area contributed by atoms with Crippen molar-refractivity contribution in [2.24, 2.45) is 5.41 Å². The van der Waals surface area contributed by atoms with Crippen LogP contribution in [0.3, 0.4) is 0 Å². The molecule has 0 aliphatic heterocycles. The summed E-state index contributed by atoms with van der Waals surface area (Å²) in [6.07, 6.45) is 6.82. The van der Waals surface area contributed by atoms with E-state index in [1.807, 2.05) is 13.8 Å². The summed E-state index contributed by atoms with van der Waals surface area (Å²) in [5.74, 6) is 0.890. The summed E-state index contributed by atoms with van der Waals surface area (Å²) < 4.78 is 0.681. The number of pyridine rings is 1. The number of hydrogen-bond donors (Lipinski definition) is 3. The summed E-state index contributed by atoms with van der Waals surface area (Å²) >= 11 is 5.90. The van der Waals surface area contributed by atoms with Gasteiger partial charge < -0.3 is 20.9 Å². The largest absolute Gasteiger partial charge is 0.619 e. The Morgan fingerprint density at radius 2 is 2.21 bits per heavy atom. The molecule has 1 aliphatic carbocycles. The van der Waals surface area contributed by atoms with Gasteiger partial charge in [0.05, 0.1) is 12.3 Å². The van der Waals surface area contributed by atoms with E-state index < -0.39 is 0 Å². The van der Waals surface area contributed by atoms with Gasteiger partial charge in [-0.25, -0.2) is 4.98 Å². The van der Waals surface area contributed by atoms with E-state index in [9.17, 15) is 15.6 Å². The van der Waals surface area contributed by atoms with Crippen molar-refractivity contribution in [1.29, 1.82) is 5.26 Å². The predicted molar refractivity (Wildman–Crippen MR) is 110 cm³/mol. The molecule has 2 aromatic rings. The SMILES string of the molecule is CC1(C)C[C@H](Nc2nc(NCCc3cc(Cl)c[n+]([O-])c3)ncc2C#N)CC[C@@H]1O. The number of halogens is 1. The zero-order valence-corrected chi connectivity index (χ0v) is 17.3. The molecule has 3 rings (SSSR count). The maximum absolute atomic E-state index is 11.4. The maximum Gasteiger partial charge on any atom is 0.224 e. The van der Waals surface area contributed by atoms with E-state index in [1.165, 1.54) is 18.6 Å². The van der Waals surface area contributed by atoms with Crippen LogP contribution in [0.1, 0.15) is 44.2 Å². The minimum Gasteiger partial charge on any atom is -0.619 e. The quantitative estimate of drug-likeness (QED) is 0.488. The van der Waals surface area contributed by atoms with Crippen molar-refractivity contribution in [3.63, 3.8) is 0 Å². The molecule has 0 spiro atoms. The molecule has 2 aromatic heterocycles. The first kappa shape index (κ1) is 21.1. The van der Waals surface area contributed by atoms with Gasteiger partial charge in [-0.1, -0.05) is 25.4 Å². The van der Waals surface area contributed by atoms with Gasteiger partial charge >= 0.3 is 0 Å². The summed E-state index contributed by atoms with van der Waals surface area (Å²) in [5, 5.41) is 37.8. The molecule has 0 unspecified atom stereocenters. The number of aliphatic hydroxyl groups is 1. The number of hydrogen-bond acceptors (Lipinski definition) is 7. The van der Waals surface area contributed by atoms with E-state index in [0.717, 1.165) is 18.4 Å². The van der Waals surface area contributed by atoms with Crippen LogP contribution in [0, 0.1) is 22.0 Å². The zero-order valence-electron chi connectivity index (χ0n) is 16.5. The Morgan fingerprint density at radius 3 is 2.90 bits per heavy atom. The second-order valence-corrected chi connectivity index (χ2v) is 8.53. The number of nitriles is 1. The van der Waals surface area contributed by atoms with E-state index in [2.05, 4.69) is 26.7 Å². The molecule has 154 valence electrons. The molecule has 0 saturated heterocycles. The van der Waals surface area contributed by atoms with E-state index >= 15 is 0 Å². The lowest BCUT2D eigenvalue weighted by Crippen LogP contribution is -2.41. The molecular formula is C20H25ClN6O2. The third kappa shape index (κ3) is 5.46. The first-order chi connectivity index (χ1) is 13.8. The molecule has 0 amide bonds. The lowest BCUT2D eigenvalue weighted by Gasteiger charge is -2.40. The Labute approximate surface area is 175 Å². The van der Waals surface area contributed by atoms with Crippen LogP contribution in [0.5, 0.6) is 0 Å². The third-order valence-corrected chi connectivity index (χ3v) is 5.48. The van der Waals surface area contributed by atoms with Crippen LogP contribution in [0.4, 0.5) is 11.8 Å². The van der Waals surface area contributed by atoms with Gasteiger partial charge in [0.15, 0.2) is 12.4 Å². The molecule has 2 atom stereocenters. The fraction of sp³-hybridized carbons (Fsp3) is 0.500. The van der Waals surface area contributed by atoms with Crippen LogP contribution < -0.4 is 15.4 Å². The zero-order chi connectivity index (χ0) is 21.0. The van der Waals surface area contributed by atoms with Gasteiger partial charge in [0.25, 0.3) is 0 Å². The number of aliphatic hydroxyl groups excluding tert-OH is 1. The van der Waals surface area contributed by atoms with Crippen LogP contribution in [-0.2, 0) is 6.42 Å². The first-order valence-electron chi connectivity index (χ1n) is 9.60. The maximum atomic E-state index is 11.4. The third-order valence-electron chi connectivity index (χ3n) is 5.28. The van der Waals surface area contributed by atoms with E-state index in [0.29, 0.717) is 46.5 Å². The monoisotopic (exact) mass is 416 g/mol. The van der Waals surface area contributed by atoms with Gasteiger partial charge in [-0.05, 0) is 37.2 Å². The Kier molecular flexibility index (Phi) is 6.40. The minimum atomic E-state index is -0.321. The van der Waals surface area contributed by atoms with Gasteiger partial charge in [0.2, 0.25) is 5.95 Å². The average molecular weight is 417 g/mol. The Hall–Kier alpha value is -2.63. The number of anilines is 2. The number of nitrogens with zero attached hydrogens (tertiary/aromatic N) is 4. The van der Waals surface area contributed by atoms with Crippen molar-refractivity contribution in [3.05, 3.63) is 46.0 Å². The van der Waals surface area contributed by atoms with Crippen molar-refractivity contribution in [2.75, 3.05) is 17.2 Å². The molecule has 8 nitrogen and oxygen atoms in total. The van der Waals surface area contributed by atoms with Crippen molar-refractivity contribution < 1.29 is 9.84 Å². The van der Waals surface area contributed by atoms with E-state index in [4.69, 9.17) is 11.6 Å². The fourth-order valence-electron chi connectivity index (χ4n) is 3.63. The highest BCUT2D eigenvalue weighted by Gasteiger charge is 2.35. The molecule has 0 radical (unpaired) electrons. The molecule has 3 N–H and O–H groups in total. The van der Waals surface area contributed by atoms with Crippen LogP contribution in [-0.4, -0.2) is 33.8 Å². The van der Waals surface area contributed by atoms with Crippen LogP contribution >= 0.6 is 11.6 Å². The summed E-state index contributed by atoms with van der Waals surface area (Å²) in [7, 11) is 0. The molecule has 1 saturated carbocycles. The van der Waals surface area contributed by atoms with E-state index in [1.54, 1.807) is 6.07 Å². The van der Waals surface area contributed by atoms with E-state index in [-0.39, 0.29) is 17.6 Å². The van der Waals surface area contributed by atoms with Gasteiger partial charge in [-0.3, -0.25) is 0 Å². The summed E-state index contributed by atoms with van der Waals surface area (Å²) in [6, 6.07) is 3.99. The van der Waals surface area contributed by atoms with Gasteiger partial charge in [0, 0.05) is 18.2 Å². The standard InChI is InChI=1S/C20H25ClN6O2/c1-20(2)8-16(3-4-17(20)28)25-18-14(9-22)10-24-19(26-18)23-6-5-13-7-15(21)12-27(29)11-13/h7,10-12,16-17,28H,3-6,8H2,1-2H3,(H2,23,24,25,26)/t16-,17+/m1/s1. The predicted octanol–water partition coefficient (Wildman–Crippen LogP) is 2.64. The fourth-order valence-corrected chi connectivity index (χ4v) is 3.86. The molecule has 1 fully saturated rings. The molecule has 0 bridgehead atoms. The van der Waals surface area contributed by atoms with Gasteiger partial charge in [0.1, 0.15) is 22.5 Å². The summed E-state index contributed by atoms with van der Waals surface area (Å²) in [5.41, 5.74) is 0.989. The first-order valence-corrected chi connectivity index (χ1v) is 9.98. The van der Waals surface area contributed by atoms with Crippen LogP contribution in [0.25, 0.3) is 0 Å². The van der Waals surface area contributed by atoms with Gasteiger partial charge in [-0.15, -0.1) is 0 Å². The number of aromatic nitrogens is 3. The molecule has 9 heteroatoms.